The Bertz CT molecular complexity index is 507. The molecule has 2 rings (SSSR count). The van der Waals surface area contributed by atoms with Crippen molar-refractivity contribution in [3.05, 3.63) is 59.0 Å². The first kappa shape index (κ1) is 13.2. The molecule has 1 aromatic heterocycles. The Balaban J connectivity index is 2.02. The molecule has 0 bridgehead atoms. The minimum atomic E-state index is 0.235. The first-order valence-electron chi connectivity index (χ1n) is 6.13. The molecule has 2 N–H and O–H groups in total. The molecule has 0 radical (unpaired) electrons. The Morgan fingerprint density at radius 2 is 1.94 bits per heavy atom. The molecule has 18 heavy (non-hydrogen) atoms. The Labute approximate surface area is 113 Å². The van der Waals surface area contributed by atoms with Crippen molar-refractivity contribution < 1.29 is 4.42 Å². The lowest BCUT2D eigenvalue weighted by Crippen LogP contribution is -2.09. The number of hydrogen-bond acceptors (Lipinski definition) is 3. The van der Waals surface area contributed by atoms with Crippen LogP contribution in [0.2, 0.25) is 0 Å². The fourth-order valence-corrected chi connectivity index (χ4v) is 2.99. The second-order valence-corrected chi connectivity index (χ2v) is 5.60. The average molecular weight is 261 g/mol. The lowest BCUT2D eigenvalue weighted by atomic mass is 10.1. The molecule has 2 aromatic rings. The van der Waals surface area contributed by atoms with E-state index in [1.807, 2.05) is 30.8 Å². The number of rotatable bonds is 5. The summed E-state index contributed by atoms with van der Waals surface area (Å²) in [5.74, 6) is 2.89. The normalized spacial score (nSPS) is 12.6. The van der Waals surface area contributed by atoms with Crippen molar-refractivity contribution in [3.8, 4) is 0 Å². The fraction of sp³-hybridized carbons (Fsp3) is 0.333. The summed E-state index contributed by atoms with van der Waals surface area (Å²) in [6.07, 6.45) is 0. The van der Waals surface area contributed by atoms with Crippen molar-refractivity contribution in [2.24, 2.45) is 5.73 Å². The van der Waals surface area contributed by atoms with Crippen LogP contribution in [0.1, 0.15) is 27.9 Å². The van der Waals surface area contributed by atoms with Gasteiger partial charge in [0.2, 0.25) is 0 Å². The minimum absolute atomic E-state index is 0.235. The van der Waals surface area contributed by atoms with E-state index in [0.717, 1.165) is 17.3 Å². The van der Waals surface area contributed by atoms with E-state index in [1.165, 1.54) is 11.1 Å². The topological polar surface area (TPSA) is 39.2 Å². The lowest BCUT2D eigenvalue weighted by Gasteiger charge is -2.13. The molecule has 0 fully saturated rings. The molecule has 2 nitrogen and oxygen atoms in total. The van der Waals surface area contributed by atoms with E-state index >= 15 is 0 Å². The number of thioether (sulfide) groups is 1. The number of benzene rings is 1. The van der Waals surface area contributed by atoms with Gasteiger partial charge in [0.1, 0.15) is 11.5 Å². The van der Waals surface area contributed by atoms with Crippen molar-refractivity contribution in [1.29, 1.82) is 0 Å². The van der Waals surface area contributed by atoms with Crippen LogP contribution in [0.5, 0.6) is 0 Å². The highest BCUT2D eigenvalue weighted by Crippen LogP contribution is 2.32. The van der Waals surface area contributed by atoms with E-state index in [2.05, 4.69) is 31.2 Å². The molecule has 3 heteroatoms. The molecule has 1 unspecified atom stereocenters. The highest BCUT2D eigenvalue weighted by molar-refractivity contribution is 7.98. The SMILES string of the molecule is Cc1ccc(C(CN)SCc2ccccc2C)o1. The summed E-state index contributed by atoms with van der Waals surface area (Å²) < 4.78 is 5.65. The largest absolute Gasteiger partial charge is 0.465 e. The number of aryl methyl sites for hydroxylation is 2. The maximum Gasteiger partial charge on any atom is 0.118 e. The van der Waals surface area contributed by atoms with Crippen LogP contribution in [0.3, 0.4) is 0 Å². The van der Waals surface area contributed by atoms with E-state index in [-0.39, 0.29) is 5.25 Å². The Kier molecular flexibility index (Phi) is 4.50. The maximum atomic E-state index is 5.84. The summed E-state index contributed by atoms with van der Waals surface area (Å²) in [5.41, 5.74) is 8.53. The van der Waals surface area contributed by atoms with E-state index in [0.29, 0.717) is 6.54 Å². The maximum absolute atomic E-state index is 5.84. The van der Waals surface area contributed by atoms with Crippen molar-refractivity contribution >= 4 is 11.8 Å². The molecule has 0 saturated heterocycles. The molecule has 0 aliphatic heterocycles. The molecule has 96 valence electrons. The summed E-state index contributed by atoms with van der Waals surface area (Å²) >= 11 is 1.84. The number of hydrogen-bond donors (Lipinski definition) is 1. The average Bonchev–Trinajstić information content (AvgIpc) is 2.79. The monoisotopic (exact) mass is 261 g/mol. The highest BCUT2D eigenvalue weighted by Gasteiger charge is 2.14. The first-order valence-corrected chi connectivity index (χ1v) is 7.18. The highest BCUT2D eigenvalue weighted by atomic mass is 32.2. The molecule has 0 aliphatic carbocycles. The molecule has 0 amide bonds. The minimum Gasteiger partial charge on any atom is -0.465 e. The first-order chi connectivity index (χ1) is 8.70. The molecular formula is C15H19NOS. The predicted molar refractivity (Wildman–Crippen MR) is 77.7 cm³/mol. The van der Waals surface area contributed by atoms with Crippen molar-refractivity contribution in [3.63, 3.8) is 0 Å². The van der Waals surface area contributed by atoms with Gasteiger partial charge in [-0.15, -0.1) is 11.8 Å². The van der Waals surface area contributed by atoms with Gasteiger partial charge in [0, 0.05) is 12.3 Å². The zero-order valence-corrected chi connectivity index (χ0v) is 11.7. The van der Waals surface area contributed by atoms with Gasteiger partial charge in [0.05, 0.1) is 5.25 Å². The summed E-state index contributed by atoms with van der Waals surface area (Å²) in [7, 11) is 0. The quantitative estimate of drug-likeness (QED) is 0.889. The van der Waals surface area contributed by atoms with E-state index in [1.54, 1.807) is 0 Å². The van der Waals surface area contributed by atoms with Gasteiger partial charge in [-0.3, -0.25) is 0 Å². The van der Waals surface area contributed by atoms with Crippen molar-refractivity contribution in [2.45, 2.75) is 24.9 Å². The van der Waals surface area contributed by atoms with Gasteiger partial charge in [-0.05, 0) is 37.1 Å². The number of furan rings is 1. The van der Waals surface area contributed by atoms with E-state index in [4.69, 9.17) is 10.2 Å². The molecule has 1 atom stereocenters. The Morgan fingerprint density at radius 3 is 2.56 bits per heavy atom. The van der Waals surface area contributed by atoms with Crippen LogP contribution in [0, 0.1) is 13.8 Å². The third-order valence-electron chi connectivity index (χ3n) is 2.99. The zero-order chi connectivity index (χ0) is 13.0. The van der Waals surface area contributed by atoms with Crippen LogP contribution in [-0.4, -0.2) is 6.54 Å². The van der Waals surface area contributed by atoms with Gasteiger partial charge in [-0.1, -0.05) is 24.3 Å². The second kappa shape index (κ2) is 6.12. The fourth-order valence-electron chi connectivity index (χ4n) is 1.86. The van der Waals surface area contributed by atoms with Crippen molar-refractivity contribution in [2.75, 3.05) is 6.54 Å². The standard InChI is InChI=1S/C15H19NOS/c1-11-5-3-4-6-13(11)10-18-15(9-16)14-8-7-12(2)17-14/h3-8,15H,9-10,16H2,1-2H3. The Morgan fingerprint density at radius 1 is 1.17 bits per heavy atom. The van der Waals surface area contributed by atoms with Crippen molar-refractivity contribution in [1.82, 2.24) is 0 Å². The van der Waals surface area contributed by atoms with E-state index in [9.17, 15) is 0 Å². The molecule has 0 saturated carbocycles. The van der Waals surface area contributed by atoms with Crippen LogP contribution < -0.4 is 5.73 Å². The third-order valence-corrected chi connectivity index (χ3v) is 4.30. The molecule has 0 aliphatic rings. The summed E-state index contributed by atoms with van der Waals surface area (Å²) in [5, 5.41) is 0.235. The van der Waals surface area contributed by atoms with Gasteiger partial charge in [0.15, 0.2) is 0 Å². The van der Waals surface area contributed by atoms with Gasteiger partial charge in [0.25, 0.3) is 0 Å². The predicted octanol–water partition coefficient (Wildman–Crippen LogP) is 3.83. The van der Waals surface area contributed by atoms with Gasteiger partial charge in [-0.25, -0.2) is 0 Å². The third kappa shape index (κ3) is 3.18. The molecular weight excluding hydrogens is 242 g/mol. The smallest absolute Gasteiger partial charge is 0.118 e. The van der Waals surface area contributed by atoms with Crippen LogP contribution in [0.4, 0.5) is 0 Å². The van der Waals surface area contributed by atoms with Gasteiger partial charge < -0.3 is 10.2 Å². The Hall–Kier alpha value is -1.19. The van der Waals surface area contributed by atoms with Crippen LogP contribution in [0.25, 0.3) is 0 Å². The molecule has 1 aromatic carbocycles. The van der Waals surface area contributed by atoms with Crippen LogP contribution in [0.15, 0.2) is 40.8 Å². The van der Waals surface area contributed by atoms with Crippen LogP contribution >= 0.6 is 11.8 Å². The van der Waals surface area contributed by atoms with Gasteiger partial charge >= 0.3 is 0 Å². The summed E-state index contributed by atoms with van der Waals surface area (Å²) in [4.78, 5) is 0. The summed E-state index contributed by atoms with van der Waals surface area (Å²) in [6.45, 7) is 4.71. The number of nitrogens with two attached hydrogens (primary N) is 1. The summed E-state index contributed by atoms with van der Waals surface area (Å²) in [6, 6.07) is 12.5. The van der Waals surface area contributed by atoms with E-state index < -0.39 is 0 Å². The second-order valence-electron chi connectivity index (χ2n) is 4.41. The molecule has 0 spiro atoms. The van der Waals surface area contributed by atoms with Crippen LogP contribution in [-0.2, 0) is 5.75 Å². The lowest BCUT2D eigenvalue weighted by molar-refractivity contribution is 0.481. The molecule has 1 heterocycles. The zero-order valence-electron chi connectivity index (χ0n) is 10.8. The van der Waals surface area contributed by atoms with Gasteiger partial charge in [-0.2, -0.15) is 0 Å².